The number of esters is 1. The van der Waals surface area contributed by atoms with Crippen molar-refractivity contribution >= 4 is 23.3 Å². The van der Waals surface area contributed by atoms with Crippen LogP contribution in [0.4, 0.5) is 5.69 Å². The molecule has 2 N–H and O–H groups in total. The van der Waals surface area contributed by atoms with Crippen LogP contribution in [0.15, 0.2) is 36.4 Å². The largest absolute Gasteiger partial charge is 0.486 e. The summed E-state index contributed by atoms with van der Waals surface area (Å²) in [6.07, 6.45) is 4.85. The summed E-state index contributed by atoms with van der Waals surface area (Å²) in [6.45, 7) is 3.40. The normalized spacial score (nSPS) is 27.8. The van der Waals surface area contributed by atoms with Crippen LogP contribution in [0.3, 0.4) is 0 Å². The molecule has 5 rings (SSSR count). The van der Waals surface area contributed by atoms with E-state index in [9.17, 15) is 9.90 Å². The van der Waals surface area contributed by atoms with Gasteiger partial charge >= 0.3 is 5.97 Å². The Kier molecular flexibility index (Phi) is 6.62. The van der Waals surface area contributed by atoms with Gasteiger partial charge in [-0.05, 0) is 97.2 Å². The molecular weight excluding hydrogens is 466 g/mol. The summed E-state index contributed by atoms with van der Waals surface area (Å²) in [4.78, 5) is 13.1. The van der Waals surface area contributed by atoms with Crippen molar-refractivity contribution in [2.75, 3.05) is 32.2 Å². The number of carbonyl (C=O) groups is 1. The maximum Gasteiger partial charge on any atom is 0.331 e. The third-order valence-corrected chi connectivity index (χ3v) is 8.57. The molecule has 1 spiro atoms. The fourth-order valence-electron chi connectivity index (χ4n) is 6.53. The van der Waals surface area contributed by atoms with Gasteiger partial charge < -0.3 is 24.6 Å². The summed E-state index contributed by atoms with van der Waals surface area (Å²) < 4.78 is 17.1. The number of hydrogen-bond donors (Lipinski definition) is 2. The van der Waals surface area contributed by atoms with Crippen molar-refractivity contribution < 1.29 is 24.1 Å². The Bertz CT molecular complexity index is 1090. The average Bonchev–Trinajstić information content (AvgIpc) is 3.15. The minimum atomic E-state index is -0.811. The number of aliphatic hydroxyl groups excluding tert-OH is 1. The molecule has 3 aliphatic rings. The van der Waals surface area contributed by atoms with Crippen LogP contribution in [-0.2, 0) is 21.4 Å². The summed E-state index contributed by atoms with van der Waals surface area (Å²) in [7, 11) is 1.45. The van der Waals surface area contributed by atoms with Gasteiger partial charge in [0.15, 0.2) is 11.5 Å². The van der Waals surface area contributed by atoms with Crippen LogP contribution < -0.4 is 14.8 Å². The number of anilines is 1. The minimum Gasteiger partial charge on any atom is -0.486 e. The molecule has 7 heteroatoms. The molecular formula is C28H34ClNO5. The number of fused-ring (bicyclic) bond motifs is 3. The number of methoxy groups -OCH3 is 1. The SMILES string of the molecule is COC(=O)C1(Nc2cccc(Cl)c2)CCC2(CC1)c1cc3c(cc1C[C@@H]2C[C@@H](C)CO)OCCO3. The topological polar surface area (TPSA) is 77.0 Å². The Morgan fingerprint density at radius 3 is 2.54 bits per heavy atom. The first-order chi connectivity index (χ1) is 16.9. The highest BCUT2D eigenvalue weighted by molar-refractivity contribution is 6.30. The number of rotatable bonds is 6. The average molecular weight is 500 g/mol. The fourth-order valence-corrected chi connectivity index (χ4v) is 6.72. The van der Waals surface area contributed by atoms with E-state index in [2.05, 4.69) is 24.4 Å². The molecule has 2 aromatic carbocycles. The number of nitrogens with one attached hydrogen (secondary N) is 1. The highest BCUT2D eigenvalue weighted by atomic mass is 35.5. The van der Waals surface area contributed by atoms with E-state index in [4.69, 9.17) is 25.8 Å². The Labute approximate surface area is 211 Å². The first-order valence-corrected chi connectivity index (χ1v) is 12.9. The third-order valence-electron chi connectivity index (χ3n) is 8.33. The van der Waals surface area contributed by atoms with Gasteiger partial charge in [0.25, 0.3) is 0 Å². The molecule has 1 aliphatic heterocycles. The van der Waals surface area contributed by atoms with Gasteiger partial charge in [0.2, 0.25) is 0 Å². The van der Waals surface area contributed by atoms with Crippen LogP contribution in [0.5, 0.6) is 11.5 Å². The molecule has 0 bridgehead atoms. The molecule has 0 saturated heterocycles. The first-order valence-electron chi connectivity index (χ1n) is 12.6. The summed E-state index contributed by atoms with van der Waals surface area (Å²) in [6, 6.07) is 11.8. The molecule has 0 amide bonds. The molecule has 2 aromatic rings. The van der Waals surface area contributed by atoms with Crippen molar-refractivity contribution in [3.63, 3.8) is 0 Å². The Balaban J connectivity index is 1.49. The number of aliphatic hydroxyl groups is 1. The van der Waals surface area contributed by atoms with Crippen LogP contribution in [0, 0.1) is 11.8 Å². The molecule has 0 aromatic heterocycles. The molecule has 6 nitrogen and oxygen atoms in total. The smallest absolute Gasteiger partial charge is 0.331 e. The first kappa shape index (κ1) is 24.3. The van der Waals surface area contributed by atoms with Crippen LogP contribution in [0.1, 0.15) is 50.2 Å². The highest BCUT2D eigenvalue weighted by Crippen LogP contribution is 2.58. The molecule has 1 heterocycles. The number of halogens is 1. The predicted molar refractivity (Wildman–Crippen MR) is 135 cm³/mol. The quantitative estimate of drug-likeness (QED) is 0.536. The second-order valence-corrected chi connectivity index (χ2v) is 10.9. The zero-order valence-electron chi connectivity index (χ0n) is 20.4. The van der Waals surface area contributed by atoms with Gasteiger partial charge in [-0.2, -0.15) is 0 Å². The van der Waals surface area contributed by atoms with E-state index in [0.717, 1.165) is 42.9 Å². The van der Waals surface area contributed by atoms with Crippen LogP contribution in [-0.4, -0.2) is 43.5 Å². The monoisotopic (exact) mass is 499 g/mol. The van der Waals surface area contributed by atoms with Crippen molar-refractivity contribution in [2.24, 2.45) is 11.8 Å². The van der Waals surface area contributed by atoms with E-state index in [-0.39, 0.29) is 23.9 Å². The summed E-state index contributed by atoms with van der Waals surface area (Å²) in [5.74, 6) is 1.99. The molecule has 188 valence electrons. The zero-order valence-corrected chi connectivity index (χ0v) is 21.2. The second kappa shape index (κ2) is 9.55. The maximum atomic E-state index is 13.1. The minimum absolute atomic E-state index is 0.0812. The molecule has 0 radical (unpaired) electrons. The van der Waals surface area contributed by atoms with Gasteiger partial charge in [0, 0.05) is 17.3 Å². The third kappa shape index (κ3) is 4.36. The van der Waals surface area contributed by atoms with Crippen LogP contribution in [0.2, 0.25) is 5.02 Å². The lowest BCUT2D eigenvalue weighted by Crippen LogP contribution is -2.53. The van der Waals surface area contributed by atoms with Gasteiger partial charge in [-0.25, -0.2) is 4.79 Å². The van der Waals surface area contributed by atoms with E-state index in [1.807, 2.05) is 24.3 Å². The summed E-state index contributed by atoms with van der Waals surface area (Å²) in [5.41, 5.74) is 2.54. The lowest BCUT2D eigenvalue weighted by atomic mass is 9.59. The zero-order chi connectivity index (χ0) is 24.6. The second-order valence-electron chi connectivity index (χ2n) is 10.4. The van der Waals surface area contributed by atoms with Crippen LogP contribution >= 0.6 is 11.6 Å². The van der Waals surface area contributed by atoms with E-state index in [1.54, 1.807) is 0 Å². The molecule has 2 aliphatic carbocycles. The van der Waals surface area contributed by atoms with E-state index in [0.29, 0.717) is 37.0 Å². The molecule has 0 unspecified atom stereocenters. The van der Waals surface area contributed by atoms with Crippen LogP contribution in [0.25, 0.3) is 0 Å². The summed E-state index contributed by atoms with van der Waals surface area (Å²) >= 11 is 6.22. The lowest BCUT2D eigenvalue weighted by molar-refractivity contribution is -0.148. The van der Waals surface area contributed by atoms with E-state index >= 15 is 0 Å². The van der Waals surface area contributed by atoms with Crippen molar-refractivity contribution in [3.8, 4) is 11.5 Å². The highest BCUT2D eigenvalue weighted by Gasteiger charge is 2.54. The number of benzene rings is 2. The molecule has 2 atom stereocenters. The molecule has 1 saturated carbocycles. The van der Waals surface area contributed by atoms with E-state index in [1.165, 1.54) is 18.2 Å². The van der Waals surface area contributed by atoms with Gasteiger partial charge in [0.1, 0.15) is 18.8 Å². The Morgan fingerprint density at radius 2 is 1.89 bits per heavy atom. The Hall–Kier alpha value is -2.44. The predicted octanol–water partition coefficient (Wildman–Crippen LogP) is 5.14. The lowest BCUT2D eigenvalue weighted by Gasteiger charge is -2.47. The van der Waals surface area contributed by atoms with Crippen molar-refractivity contribution in [2.45, 2.75) is 56.4 Å². The number of carbonyl (C=O) groups excluding carboxylic acids is 1. The fraction of sp³-hybridized carbons (Fsp3) is 0.536. The Morgan fingerprint density at radius 1 is 1.17 bits per heavy atom. The van der Waals surface area contributed by atoms with Crippen molar-refractivity contribution in [1.82, 2.24) is 0 Å². The number of ether oxygens (including phenoxy) is 3. The summed E-state index contributed by atoms with van der Waals surface area (Å²) in [5, 5.41) is 13.9. The molecule has 1 fully saturated rings. The molecule has 35 heavy (non-hydrogen) atoms. The van der Waals surface area contributed by atoms with Crippen molar-refractivity contribution in [1.29, 1.82) is 0 Å². The number of hydrogen-bond acceptors (Lipinski definition) is 6. The van der Waals surface area contributed by atoms with Crippen molar-refractivity contribution in [3.05, 3.63) is 52.5 Å². The van der Waals surface area contributed by atoms with Gasteiger partial charge in [-0.1, -0.05) is 24.6 Å². The van der Waals surface area contributed by atoms with Gasteiger partial charge in [-0.15, -0.1) is 0 Å². The van der Waals surface area contributed by atoms with E-state index < -0.39 is 5.54 Å². The van der Waals surface area contributed by atoms with Gasteiger partial charge in [0.05, 0.1) is 7.11 Å². The standard InChI is InChI=1S/C28H34ClNO5/c1-18(17-31)12-20-13-19-14-24-25(35-11-10-34-24)16-23(19)27(20)6-8-28(9-7-27,26(32)33-2)30-22-5-3-4-21(29)15-22/h3-5,14-16,18,20,30-31H,6-13,17H2,1-2H3/t18-,20+,27?,28?/m1/s1. The maximum absolute atomic E-state index is 13.1. The van der Waals surface area contributed by atoms with Gasteiger partial charge in [-0.3, -0.25) is 0 Å².